The van der Waals surface area contributed by atoms with Crippen LogP contribution in [0.2, 0.25) is 0 Å². The van der Waals surface area contributed by atoms with Crippen molar-refractivity contribution >= 4 is 11.9 Å². The minimum Gasteiger partial charge on any atom is -0.481 e. The number of carbonyl (C=O) groups is 2. The Hall–Kier alpha value is -1.10. The summed E-state index contributed by atoms with van der Waals surface area (Å²) in [5, 5.41) is 17.9. The Morgan fingerprint density at radius 1 is 1.12 bits per heavy atom. The first-order chi connectivity index (χ1) is 8.13. The molecule has 5 heteroatoms. The first-order valence-corrected chi connectivity index (χ1v) is 6.27. The summed E-state index contributed by atoms with van der Waals surface area (Å²) in [5.74, 6) is -1.26. The number of carboxylic acid groups (broad SMARTS) is 1. The largest absolute Gasteiger partial charge is 0.481 e. The molecule has 1 amide bonds. The van der Waals surface area contributed by atoms with Gasteiger partial charge < -0.3 is 15.1 Å². The second-order valence-electron chi connectivity index (χ2n) is 5.03. The molecule has 0 aromatic heterocycles. The molecule has 5 nitrogen and oxygen atoms in total. The monoisotopic (exact) mass is 241 g/mol. The minimum atomic E-state index is -0.791. The lowest BCUT2D eigenvalue weighted by Gasteiger charge is -2.24. The maximum absolute atomic E-state index is 12.2. The van der Waals surface area contributed by atoms with Crippen LogP contribution in [0.5, 0.6) is 0 Å². The predicted octanol–water partition coefficient (Wildman–Crippen LogP) is 0.471. The molecule has 2 unspecified atom stereocenters. The Kier molecular flexibility index (Phi) is 3.66. The third-order valence-corrected chi connectivity index (χ3v) is 3.74. The van der Waals surface area contributed by atoms with Crippen LogP contribution in [0.3, 0.4) is 0 Å². The van der Waals surface area contributed by atoms with Crippen molar-refractivity contribution in [2.24, 2.45) is 11.8 Å². The van der Waals surface area contributed by atoms with Crippen LogP contribution >= 0.6 is 0 Å². The molecule has 2 rings (SSSR count). The Bertz CT molecular complexity index is 314. The number of aliphatic hydroxyl groups is 1. The summed E-state index contributed by atoms with van der Waals surface area (Å²) >= 11 is 0. The fraction of sp³-hybridized carbons (Fsp3) is 0.833. The fourth-order valence-corrected chi connectivity index (χ4v) is 2.63. The number of carbonyl (C=O) groups excluding carboxylic acids is 1. The van der Waals surface area contributed by atoms with E-state index in [1.165, 1.54) is 0 Å². The van der Waals surface area contributed by atoms with Crippen LogP contribution in [0.25, 0.3) is 0 Å². The average molecular weight is 241 g/mol. The number of nitrogens with zero attached hydrogens (tertiary/aromatic N) is 1. The summed E-state index contributed by atoms with van der Waals surface area (Å²) in [6.45, 7) is 0.370. The number of carboxylic acids is 1. The lowest BCUT2D eigenvalue weighted by Crippen LogP contribution is -2.39. The van der Waals surface area contributed by atoms with Crippen molar-refractivity contribution in [3.63, 3.8) is 0 Å². The van der Waals surface area contributed by atoms with Gasteiger partial charge in [0.2, 0.25) is 5.91 Å². The van der Waals surface area contributed by atoms with E-state index in [2.05, 4.69) is 0 Å². The van der Waals surface area contributed by atoms with Crippen molar-refractivity contribution in [2.45, 2.75) is 38.1 Å². The highest BCUT2D eigenvalue weighted by Gasteiger charge is 2.39. The van der Waals surface area contributed by atoms with Gasteiger partial charge in [-0.3, -0.25) is 9.59 Å². The second-order valence-corrected chi connectivity index (χ2v) is 5.03. The van der Waals surface area contributed by atoms with Gasteiger partial charge in [0.05, 0.1) is 12.5 Å². The first kappa shape index (κ1) is 12.4. The highest BCUT2D eigenvalue weighted by Crippen LogP contribution is 2.35. The SMILES string of the molecule is O=C(O)C1CCC(C(=O)N(CCO)C2CC2)C1. The van der Waals surface area contributed by atoms with Crippen LogP contribution < -0.4 is 0 Å². The molecule has 0 aliphatic heterocycles. The molecule has 0 saturated heterocycles. The van der Waals surface area contributed by atoms with Gasteiger partial charge in [-0.15, -0.1) is 0 Å². The van der Waals surface area contributed by atoms with Gasteiger partial charge >= 0.3 is 5.97 Å². The normalized spacial score (nSPS) is 28.1. The predicted molar refractivity (Wildman–Crippen MR) is 60.3 cm³/mol. The molecule has 2 saturated carbocycles. The van der Waals surface area contributed by atoms with E-state index in [1.54, 1.807) is 4.90 Å². The molecule has 2 N–H and O–H groups in total. The molecule has 0 aromatic rings. The third kappa shape index (κ3) is 2.77. The average Bonchev–Trinajstić information content (AvgIpc) is 3.00. The van der Waals surface area contributed by atoms with Crippen molar-refractivity contribution in [1.82, 2.24) is 4.90 Å². The molecule has 0 aromatic carbocycles. The number of aliphatic carboxylic acids is 1. The Labute approximate surface area is 100 Å². The number of rotatable bonds is 5. The zero-order valence-electron chi connectivity index (χ0n) is 9.84. The Balaban J connectivity index is 1.92. The van der Waals surface area contributed by atoms with E-state index >= 15 is 0 Å². The van der Waals surface area contributed by atoms with E-state index in [0.29, 0.717) is 31.8 Å². The van der Waals surface area contributed by atoms with Gasteiger partial charge in [-0.05, 0) is 32.1 Å². The van der Waals surface area contributed by atoms with Crippen LogP contribution in [-0.2, 0) is 9.59 Å². The lowest BCUT2D eigenvalue weighted by molar-refractivity contribution is -0.141. The van der Waals surface area contributed by atoms with Gasteiger partial charge in [0.15, 0.2) is 0 Å². The van der Waals surface area contributed by atoms with Crippen LogP contribution in [0, 0.1) is 11.8 Å². The van der Waals surface area contributed by atoms with Gasteiger partial charge in [-0.2, -0.15) is 0 Å². The molecule has 0 heterocycles. The zero-order chi connectivity index (χ0) is 12.4. The first-order valence-electron chi connectivity index (χ1n) is 6.27. The van der Waals surface area contributed by atoms with E-state index in [4.69, 9.17) is 10.2 Å². The molecule has 96 valence electrons. The van der Waals surface area contributed by atoms with Crippen molar-refractivity contribution in [1.29, 1.82) is 0 Å². The number of hydrogen-bond acceptors (Lipinski definition) is 3. The highest BCUT2D eigenvalue weighted by molar-refractivity contribution is 5.81. The molecule has 0 radical (unpaired) electrons. The van der Waals surface area contributed by atoms with Crippen molar-refractivity contribution in [2.75, 3.05) is 13.2 Å². The summed E-state index contributed by atoms with van der Waals surface area (Å²) in [4.78, 5) is 24.8. The summed E-state index contributed by atoms with van der Waals surface area (Å²) in [6, 6.07) is 0.290. The lowest BCUT2D eigenvalue weighted by atomic mass is 10.0. The minimum absolute atomic E-state index is 0.0165. The summed E-state index contributed by atoms with van der Waals surface area (Å²) in [5.41, 5.74) is 0. The zero-order valence-corrected chi connectivity index (χ0v) is 9.84. The molecule has 2 atom stereocenters. The standard InChI is InChI=1S/C12H19NO4/c14-6-5-13(10-3-4-10)11(15)8-1-2-9(7-8)12(16)17/h8-10,14H,1-7H2,(H,16,17). The molecular formula is C12H19NO4. The number of amides is 1. The van der Waals surface area contributed by atoms with E-state index in [9.17, 15) is 9.59 Å². The van der Waals surface area contributed by atoms with Crippen LogP contribution in [-0.4, -0.2) is 46.2 Å². The molecule has 0 bridgehead atoms. The Morgan fingerprint density at radius 3 is 2.24 bits per heavy atom. The van der Waals surface area contributed by atoms with Crippen molar-refractivity contribution in [3.05, 3.63) is 0 Å². The second kappa shape index (κ2) is 5.04. The molecule has 0 spiro atoms. The molecule has 2 aliphatic carbocycles. The van der Waals surface area contributed by atoms with Crippen molar-refractivity contribution in [3.8, 4) is 0 Å². The smallest absolute Gasteiger partial charge is 0.306 e. The van der Waals surface area contributed by atoms with Gasteiger partial charge in [0, 0.05) is 18.5 Å². The van der Waals surface area contributed by atoms with Crippen LogP contribution in [0.4, 0.5) is 0 Å². The van der Waals surface area contributed by atoms with Crippen LogP contribution in [0.15, 0.2) is 0 Å². The summed E-state index contributed by atoms with van der Waals surface area (Å²) < 4.78 is 0. The molecule has 2 aliphatic rings. The maximum atomic E-state index is 12.2. The van der Waals surface area contributed by atoms with Gasteiger partial charge in [-0.1, -0.05) is 0 Å². The number of hydrogen-bond donors (Lipinski definition) is 2. The van der Waals surface area contributed by atoms with E-state index in [1.807, 2.05) is 0 Å². The maximum Gasteiger partial charge on any atom is 0.306 e. The third-order valence-electron chi connectivity index (χ3n) is 3.74. The van der Waals surface area contributed by atoms with E-state index < -0.39 is 5.97 Å². The topological polar surface area (TPSA) is 77.8 Å². The molecule has 17 heavy (non-hydrogen) atoms. The highest BCUT2D eigenvalue weighted by atomic mass is 16.4. The quantitative estimate of drug-likeness (QED) is 0.733. The summed E-state index contributed by atoms with van der Waals surface area (Å²) in [6.07, 6.45) is 3.76. The van der Waals surface area contributed by atoms with E-state index in [0.717, 1.165) is 12.8 Å². The summed E-state index contributed by atoms with van der Waals surface area (Å²) in [7, 11) is 0. The molecule has 2 fully saturated rings. The van der Waals surface area contributed by atoms with Gasteiger partial charge in [0.25, 0.3) is 0 Å². The van der Waals surface area contributed by atoms with Crippen molar-refractivity contribution < 1.29 is 19.8 Å². The fourth-order valence-electron chi connectivity index (χ4n) is 2.63. The van der Waals surface area contributed by atoms with Gasteiger partial charge in [0.1, 0.15) is 0 Å². The van der Waals surface area contributed by atoms with Gasteiger partial charge in [-0.25, -0.2) is 0 Å². The number of aliphatic hydroxyl groups excluding tert-OH is 1. The van der Waals surface area contributed by atoms with E-state index in [-0.39, 0.29) is 24.3 Å². The Morgan fingerprint density at radius 2 is 1.76 bits per heavy atom. The van der Waals surface area contributed by atoms with Crippen LogP contribution in [0.1, 0.15) is 32.1 Å². The molecular weight excluding hydrogens is 222 g/mol.